The number of alkyl halides is 3. The van der Waals surface area contributed by atoms with Crippen molar-refractivity contribution in [2.45, 2.75) is 168 Å². The van der Waals surface area contributed by atoms with Gasteiger partial charge in [0.1, 0.15) is 11.2 Å². The largest absolute Gasteiger partial charge is 0.457 e. The molecule has 0 aromatic rings. The van der Waals surface area contributed by atoms with Crippen molar-refractivity contribution in [3.8, 4) is 0 Å². The van der Waals surface area contributed by atoms with Crippen LogP contribution >= 0.6 is 0 Å². The quantitative estimate of drug-likeness (QED) is 0.119. The van der Waals surface area contributed by atoms with Gasteiger partial charge in [0.05, 0.1) is 5.92 Å². The molecule has 10 nitrogen and oxygen atoms in total. The molecule has 0 heterocycles. The lowest BCUT2D eigenvalue weighted by molar-refractivity contribution is -0.246. The summed E-state index contributed by atoms with van der Waals surface area (Å²) in [4.78, 5) is 60.1. The Hall–Kier alpha value is -2.86. The average molecular weight is 747 g/mol. The molecule has 298 valence electrons. The van der Waals surface area contributed by atoms with E-state index in [1.54, 1.807) is 6.92 Å². The number of hydrogen-bond acceptors (Lipinski definition) is 10. The number of halogens is 3. The van der Waals surface area contributed by atoms with Gasteiger partial charge >= 0.3 is 36.0 Å². The number of rotatable bonds is 15. The van der Waals surface area contributed by atoms with Crippen molar-refractivity contribution in [2.75, 3.05) is 13.2 Å². The van der Waals surface area contributed by atoms with E-state index < -0.39 is 77.9 Å². The fraction of sp³-hybridized carbons (Fsp3) is 0.872. The Balaban J connectivity index is 0.000000304. The summed E-state index contributed by atoms with van der Waals surface area (Å²) >= 11 is 0. The number of carbonyl (C=O) groups excluding carboxylic acids is 5. The van der Waals surface area contributed by atoms with Gasteiger partial charge in [-0.25, -0.2) is 14.4 Å². The Bertz CT molecular complexity index is 1240. The molecular formula is C39H61F3O10. The topological polar surface area (TPSA) is 132 Å². The molecule has 0 N–H and O–H groups in total. The Morgan fingerprint density at radius 3 is 1.79 bits per heavy atom. The highest BCUT2D eigenvalue weighted by Crippen LogP contribution is 2.61. The maximum atomic E-state index is 13.5. The maximum absolute atomic E-state index is 13.5. The van der Waals surface area contributed by atoms with E-state index >= 15 is 0 Å². The van der Waals surface area contributed by atoms with Crippen LogP contribution in [-0.2, 0) is 47.7 Å². The molecule has 0 spiro atoms. The minimum absolute atomic E-state index is 0.259. The summed E-state index contributed by atoms with van der Waals surface area (Å²) in [5, 5.41) is 0. The second-order valence-corrected chi connectivity index (χ2v) is 16.5. The van der Waals surface area contributed by atoms with E-state index in [9.17, 15) is 37.1 Å². The first kappa shape index (κ1) is 43.5. The summed E-state index contributed by atoms with van der Waals surface area (Å²) in [6, 6.07) is 0. The lowest BCUT2D eigenvalue weighted by Crippen LogP contribution is -2.61. The van der Waals surface area contributed by atoms with Crippen molar-refractivity contribution in [1.29, 1.82) is 0 Å². The third-order valence-corrected chi connectivity index (χ3v) is 12.1. The molecule has 5 rings (SSSR count). The molecule has 2 unspecified atom stereocenters. The summed E-state index contributed by atoms with van der Waals surface area (Å²) in [5.41, 5.74) is -5.46. The lowest BCUT2D eigenvalue weighted by Gasteiger charge is -2.60. The van der Waals surface area contributed by atoms with E-state index in [0.717, 1.165) is 77.6 Å². The van der Waals surface area contributed by atoms with Crippen molar-refractivity contribution < 1.29 is 60.8 Å². The van der Waals surface area contributed by atoms with Crippen molar-refractivity contribution in [1.82, 2.24) is 0 Å². The monoisotopic (exact) mass is 746 g/mol. The van der Waals surface area contributed by atoms with Crippen molar-refractivity contribution in [3.05, 3.63) is 0 Å². The lowest BCUT2D eigenvalue weighted by atomic mass is 9.49. The number of esters is 5. The van der Waals surface area contributed by atoms with Gasteiger partial charge in [0.2, 0.25) is 5.60 Å². The first-order valence-corrected chi connectivity index (χ1v) is 19.2. The van der Waals surface area contributed by atoms with Crippen LogP contribution in [0.15, 0.2) is 0 Å². The van der Waals surface area contributed by atoms with Gasteiger partial charge < -0.3 is 23.7 Å². The molecule has 0 saturated heterocycles. The van der Waals surface area contributed by atoms with Crippen LogP contribution < -0.4 is 0 Å². The van der Waals surface area contributed by atoms with E-state index in [4.69, 9.17) is 23.7 Å². The molecule has 2 atom stereocenters. The SMILES string of the molecule is CCC(C)C(=O)OCC(=O)OCC(=O)OC1(C)CCCC1.CCCCC1(OC(=O)C(C)(C)OC(=O)C(C)(CC)C(F)(F)F)C2CC3CC(C2)CC1C3. The van der Waals surface area contributed by atoms with Gasteiger partial charge in [-0.05, 0) is 135 Å². The minimum atomic E-state index is -4.76. The smallest absolute Gasteiger partial charge is 0.404 e. The maximum Gasteiger partial charge on any atom is 0.404 e. The van der Waals surface area contributed by atoms with Crippen LogP contribution in [0.3, 0.4) is 0 Å². The molecule has 5 saturated carbocycles. The molecule has 52 heavy (non-hydrogen) atoms. The first-order chi connectivity index (χ1) is 24.1. The van der Waals surface area contributed by atoms with Crippen molar-refractivity contribution in [2.24, 2.45) is 35.0 Å². The highest BCUT2D eigenvalue weighted by Gasteiger charge is 2.61. The highest BCUT2D eigenvalue weighted by atomic mass is 19.4. The number of unbranched alkanes of at least 4 members (excludes halogenated alkanes) is 1. The Kier molecular flexibility index (Phi) is 14.7. The van der Waals surface area contributed by atoms with Crippen LogP contribution in [-0.4, -0.2) is 66.0 Å². The number of hydrogen-bond donors (Lipinski definition) is 0. The second-order valence-electron chi connectivity index (χ2n) is 16.5. The van der Waals surface area contributed by atoms with Gasteiger partial charge in [-0.2, -0.15) is 13.2 Å². The summed E-state index contributed by atoms with van der Waals surface area (Å²) in [6.07, 6.45) is 7.28. The molecular weight excluding hydrogens is 685 g/mol. The zero-order valence-corrected chi connectivity index (χ0v) is 32.4. The number of carbonyl (C=O) groups is 5. The van der Waals surface area contributed by atoms with Crippen LogP contribution in [0.5, 0.6) is 0 Å². The summed E-state index contributed by atoms with van der Waals surface area (Å²) in [6.45, 7) is 11.4. The third-order valence-electron chi connectivity index (χ3n) is 12.1. The average Bonchev–Trinajstić information content (AvgIpc) is 3.50. The highest BCUT2D eigenvalue weighted by molar-refractivity contribution is 5.85. The Morgan fingerprint density at radius 2 is 1.31 bits per heavy atom. The summed E-state index contributed by atoms with van der Waals surface area (Å²) < 4.78 is 66.7. The van der Waals surface area contributed by atoms with Crippen molar-refractivity contribution >= 4 is 29.8 Å². The normalized spacial score (nSPS) is 27.7. The van der Waals surface area contributed by atoms with E-state index in [1.807, 2.05) is 13.8 Å². The molecule has 5 aliphatic rings. The van der Waals surface area contributed by atoms with E-state index in [0.29, 0.717) is 30.1 Å². The molecule has 5 aliphatic carbocycles. The van der Waals surface area contributed by atoms with Crippen LogP contribution in [0.2, 0.25) is 0 Å². The Morgan fingerprint density at radius 1 is 0.769 bits per heavy atom. The van der Waals surface area contributed by atoms with E-state index in [1.165, 1.54) is 27.2 Å². The van der Waals surface area contributed by atoms with Gasteiger partial charge in [-0.1, -0.05) is 34.1 Å². The van der Waals surface area contributed by atoms with Crippen molar-refractivity contribution in [3.63, 3.8) is 0 Å². The Labute approximate surface area is 306 Å². The van der Waals surface area contributed by atoms with Crippen LogP contribution in [0, 0.1) is 35.0 Å². The zero-order chi connectivity index (χ0) is 39.1. The fourth-order valence-electron chi connectivity index (χ4n) is 8.35. The van der Waals surface area contributed by atoms with Gasteiger partial charge in [-0.15, -0.1) is 0 Å². The van der Waals surface area contributed by atoms with E-state index in [-0.39, 0.29) is 5.92 Å². The zero-order valence-electron chi connectivity index (χ0n) is 32.4. The molecule has 0 aliphatic heterocycles. The predicted molar refractivity (Wildman–Crippen MR) is 184 cm³/mol. The minimum Gasteiger partial charge on any atom is -0.457 e. The fourth-order valence-corrected chi connectivity index (χ4v) is 8.35. The van der Waals surface area contributed by atoms with Gasteiger partial charge in [0, 0.05) is 0 Å². The molecule has 0 aromatic carbocycles. The van der Waals surface area contributed by atoms with Crippen LogP contribution in [0.4, 0.5) is 13.2 Å². The van der Waals surface area contributed by atoms with Gasteiger partial charge in [-0.3, -0.25) is 9.59 Å². The molecule has 4 bridgehead atoms. The first-order valence-electron chi connectivity index (χ1n) is 19.2. The van der Waals surface area contributed by atoms with E-state index in [2.05, 4.69) is 6.92 Å². The molecule has 5 fully saturated rings. The van der Waals surface area contributed by atoms with Crippen LogP contribution in [0.25, 0.3) is 0 Å². The molecule has 13 heteroatoms. The molecule has 0 radical (unpaired) electrons. The standard InChI is InChI=1S/C24H37F3O4.C15H24O6/c1-6-8-9-23(17-11-15-10-16(13-17)14-18(23)12-15)31-19(28)21(3,4)30-20(29)22(5,7-2)24(25,26)27;1-4-11(2)14(18)20-9-12(16)19-10-13(17)21-15(3)7-5-6-8-15/h15-18H,6-14H2,1-5H3;11H,4-10H2,1-3H3. The third kappa shape index (κ3) is 10.4. The van der Waals surface area contributed by atoms with Gasteiger partial charge in [0.25, 0.3) is 0 Å². The summed E-state index contributed by atoms with van der Waals surface area (Å²) in [7, 11) is 0. The second kappa shape index (κ2) is 17.5. The number of ether oxygens (including phenoxy) is 5. The van der Waals surface area contributed by atoms with Gasteiger partial charge in [0.15, 0.2) is 18.6 Å². The predicted octanol–water partition coefficient (Wildman–Crippen LogP) is 8.21. The summed E-state index contributed by atoms with van der Waals surface area (Å²) in [5.74, 6) is -2.22. The van der Waals surface area contributed by atoms with Crippen LogP contribution in [0.1, 0.15) is 145 Å². The molecule has 0 amide bonds. The molecule has 0 aromatic heterocycles.